The van der Waals surface area contributed by atoms with Crippen LogP contribution in [0.5, 0.6) is 5.75 Å². The molecular weight excluding hydrogens is 440 g/mol. The van der Waals surface area contributed by atoms with Crippen LogP contribution in [-0.4, -0.2) is 41.1 Å². The van der Waals surface area contributed by atoms with Crippen LogP contribution < -0.4 is 10.1 Å². The second kappa shape index (κ2) is 9.05. The minimum Gasteiger partial charge on any atom is -0.490 e. The zero-order chi connectivity index (χ0) is 22.9. The predicted molar refractivity (Wildman–Crippen MR) is 141 cm³/mol. The summed E-state index contributed by atoms with van der Waals surface area (Å²) in [5.41, 5.74) is 8.23. The summed E-state index contributed by atoms with van der Waals surface area (Å²) in [5.74, 6) is 0.945. The third-order valence-corrected chi connectivity index (χ3v) is 7.32. The van der Waals surface area contributed by atoms with Crippen molar-refractivity contribution in [1.82, 2.24) is 14.9 Å². The molecule has 1 aliphatic rings. The number of anilines is 2. The Morgan fingerprint density at radius 2 is 1.71 bits per heavy atom. The standard InChI is InChI=1S/C28H26N4OS/c1-32-14-11-23(12-15-32)33-22-6-2-19(3-7-22)20-4-8-25-24(16-20)26(10-13-29-25)31-21-5-9-28-27(17-21)30-18-34-28/h2-10,13,16-18,23H,11-12,14-15H2,1H3,(H,29,31). The number of piperidine rings is 1. The summed E-state index contributed by atoms with van der Waals surface area (Å²) in [6, 6.07) is 23.2. The number of thiazole rings is 1. The third-order valence-electron chi connectivity index (χ3n) is 6.51. The van der Waals surface area contributed by atoms with Crippen LogP contribution in [0.15, 0.2) is 78.4 Å². The molecule has 0 radical (unpaired) electrons. The molecule has 0 atom stereocenters. The van der Waals surface area contributed by atoms with Crippen molar-refractivity contribution in [2.45, 2.75) is 18.9 Å². The lowest BCUT2D eigenvalue weighted by atomic mass is 10.0. The van der Waals surface area contributed by atoms with Crippen LogP contribution in [0, 0.1) is 0 Å². The number of benzene rings is 3. The topological polar surface area (TPSA) is 50.3 Å². The first-order valence-electron chi connectivity index (χ1n) is 11.7. The lowest BCUT2D eigenvalue weighted by molar-refractivity contribution is 0.114. The van der Waals surface area contributed by atoms with Crippen LogP contribution in [0.3, 0.4) is 0 Å². The molecule has 34 heavy (non-hydrogen) atoms. The molecule has 0 bridgehead atoms. The van der Waals surface area contributed by atoms with Gasteiger partial charge in [0.15, 0.2) is 0 Å². The fraction of sp³-hybridized carbons (Fsp3) is 0.214. The zero-order valence-corrected chi connectivity index (χ0v) is 19.9. The number of hydrogen-bond donors (Lipinski definition) is 1. The fourth-order valence-corrected chi connectivity index (χ4v) is 5.21. The Labute approximate surface area is 203 Å². The second-order valence-electron chi connectivity index (χ2n) is 8.90. The van der Waals surface area contributed by atoms with Gasteiger partial charge in [-0.05, 0) is 79.5 Å². The largest absolute Gasteiger partial charge is 0.490 e. The predicted octanol–water partition coefficient (Wildman–Crippen LogP) is 6.73. The van der Waals surface area contributed by atoms with E-state index < -0.39 is 0 Å². The van der Waals surface area contributed by atoms with E-state index in [1.54, 1.807) is 11.3 Å². The molecule has 170 valence electrons. The molecule has 2 aromatic heterocycles. The SMILES string of the molecule is CN1CCC(Oc2ccc(-c3ccc4nccc(Nc5ccc6scnc6c5)c4c3)cc2)CC1. The summed E-state index contributed by atoms with van der Waals surface area (Å²) in [7, 11) is 2.17. The van der Waals surface area contributed by atoms with Crippen molar-refractivity contribution in [3.05, 3.63) is 78.4 Å². The summed E-state index contributed by atoms with van der Waals surface area (Å²) in [4.78, 5) is 11.4. The molecule has 5 aromatic rings. The second-order valence-corrected chi connectivity index (χ2v) is 9.78. The summed E-state index contributed by atoms with van der Waals surface area (Å²) in [6.45, 7) is 2.20. The molecule has 5 nitrogen and oxygen atoms in total. The average molecular weight is 467 g/mol. The van der Waals surface area contributed by atoms with E-state index in [-0.39, 0.29) is 0 Å². The van der Waals surface area contributed by atoms with Gasteiger partial charge in [-0.2, -0.15) is 0 Å². The molecule has 3 aromatic carbocycles. The number of aromatic nitrogens is 2. The van der Waals surface area contributed by atoms with Crippen molar-refractivity contribution in [3.63, 3.8) is 0 Å². The Hall–Kier alpha value is -3.48. The van der Waals surface area contributed by atoms with Crippen LogP contribution >= 0.6 is 11.3 Å². The molecule has 0 saturated carbocycles. The van der Waals surface area contributed by atoms with Crippen LogP contribution in [0.1, 0.15) is 12.8 Å². The maximum absolute atomic E-state index is 6.22. The Kier molecular flexibility index (Phi) is 5.61. The molecule has 1 saturated heterocycles. The van der Waals surface area contributed by atoms with Crippen molar-refractivity contribution in [2.75, 3.05) is 25.5 Å². The number of pyridine rings is 1. The lowest BCUT2D eigenvalue weighted by Gasteiger charge is -2.29. The number of hydrogen-bond acceptors (Lipinski definition) is 6. The number of fused-ring (bicyclic) bond motifs is 2. The molecule has 6 rings (SSSR count). The van der Waals surface area contributed by atoms with E-state index >= 15 is 0 Å². The first kappa shape index (κ1) is 21.1. The molecule has 0 amide bonds. The minimum atomic E-state index is 0.311. The quantitative estimate of drug-likeness (QED) is 0.311. The van der Waals surface area contributed by atoms with Gasteiger partial charge < -0.3 is 15.0 Å². The van der Waals surface area contributed by atoms with Gasteiger partial charge in [0.2, 0.25) is 0 Å². The van der Waals surface area contributed by atoms with Crippen molar-refractivity contribution in [3.8, 4) is 16.9 Å². The van der Waals surface area contributed by atoms with Gasteiger partial charge in [-0.25, -0.2) is 4.98 Å². The summed E-state index contributed by atoms with van der Waals surface area (Å²) in [6.07, 6.45) is 4.33. The highest BCUT2D eigenvalue weighted by atomic mass is 32.1. The van der Waals surface area contributed by atoms with E-state index in [0.29, 0.717) is 6.10 Å². The molecule has 1 fully saturated rings. The molecule has 1 N–H and O–H groups in total. The van der Waals surface area contributed by atoms with Gasteiger partial charge in [0.25, 0.3) is 0 Å². The van der Waals surface area contributed by atoms with Gasteiger partial charge in [-0.15, -0.1) is 11.3 Å². The third kappa shape index (κ3) is 4.34. The van der Waals surface area contributed by atoms with Crippen LogP contribution in [-0.2, 0) is 0 Å². The molecule has 3 heterocycles. The maximum atomic E-state index is 6.22. The monoisotopic (exact) mass is 466 g/mol. The molecule has 0 unspecified atom stereocenters. The van der Waals surface area contributed by atoms with Crippen LogP contribution in [0.4, 0.5) is 11.4 Å². The Bertz CT molecular complexity index is 1440. The number of nitrogens with one attached hydrogen (secondary N) is 1. The van der Waals surface area contributed by atoms with E-state index in [1.165, 1.54) is 4.70 Å². The normalized spacial score (nSPS) is 15.1. The Morgan fingerprint density at radius 1 is 0.882 bits per heavy atom. The first-order valence-corrected chi connectivity index (χ1v) is 12.5. The van der Waals surface area contributed by atoms with Crippen LogP contribution in [0.2, 0.25) is 0 Å². The van der Waals surface area contributed by atoms with Gasteiger partial charge in [0, 0.05) is 36.0 Å². The van der Waals surface area contributed by atoms with Gasteiger partial charge >= 0.3 is 0 Å². The van der Waals surface area contributed by atoms with E-state index in [4.69, 9.17) is 4.74 Å². The van der Waals surface area contributed by atoms with Crippen molar-refractivity contribution >= 4 is 43.8 Å². The molecule has 0 spiro atoms. The Morgan fingerprint density at radius 3 is 2.56 bits per heavy atom. The van der Waals surface area contributed by atoms with Crippen LogP contribution in [0.25, 0.3) is 32.2 Å². The highest BCUT2D eigenvalue weighted by molar-refractivity contribution is 7.16. The smallest absolute Gasteiger partial charge is 0.119 e. The Balaban J connectivity index is 1.25. The molecule has 0 aliphatic carbocycles. The van der Waals surface area contributed by atoms with Gasteiger partial charge in [0.1, 0.15) is 11.9 Å². The molecule has 1 aliphatic heterocycles. The molecule has 6 heteroatoms. The summed E-state index contributed by atoms with van der Waals surface area (Å²) >= 11 is 1.66. The van der Waals surface area contributed by atoms with Gasteiger partial charge in [-0.1, -0.05) is 18.2 Å². The highest BCUT2D eigenvalue weighted by Gasteiger charge is 2.18. The van der Waals surface area contributed by atoms with E-state index in [0.717, 1.165) is 70.6 Å². The average Bonchev–Trinajstić information content (AvgIpc) is 3.34. The number of likely N-dealkylation sites (tertiary alicyclic amines) is 1. The van der Waals surface area contributed by atoms with E-state index in [2.05, 4.69) is 87.9 Å². The maximum Gasteiger partial charge on any atom is 0.119 e. The number of nitrogens with zero attached hydrogens (tertiary/aromatic N) is 3. The molecular formula is C28H26N4OS. The van der Waals surface area contributed by atoms with E-state index in [1.807, 2.05) is 17.8 Å². The highest BCUT2D eigenvalue weighted by Crippen LogP contribution is 2.32. The van der Waals surface area contributed by atoms with Crippen molar-refractivity contribution in [1.29, 1.82) is 0 Å². The van der Waals surface area contributed by atoms with Gasteiger partial charge in [-0.3, -0.25) is 4.98 Å². The fourth-order valence-electron chi connectivity index (χ4n) is 4.55. The first-order chi connectivity index (χ1) is 16.7. The number of rotatable bonds is 5. The summed E-state index contributed by atoms with van der Waals surface area (Å²) < 4.78 is 7.41. The summed E-state index contributed by atoms with van der Waals surface area (Å²) in [5, 5.41) is 4.65. The van der Waals surface area contributed by atoms with E-state index in [9.17, 15) is 0 Å². The number of ether oxygens (including phenoxy) is 1. The zero-order valence-electron chi connectivity index (χ0n) is 19.1. The van der Waals surface area contributed by atoms with Gasteiger partial charge in [0.05, 0.1) is 21.2 Å². The van der Waals surface area contributed by atoms with Crippen molar-refractivity contribution < 1.29 is 4.74 Å². The van der Waals surface area contributed by atoms with Crippen molar-refractivity contribution in [2.24, 2.45) is 0 Å². The lowest BCUT2D eigenvalue weighted by Crippen LogP contribution is -2.35. The minimum absolute atomic E-state index is 0.311.